The summed E-state index contributed by atoms with van der Waals surface area (Å²) >= 11 is 0. The summed E-state index contributed by atoms with van der Waals surface area (Å²) in [5, 5.41) is 19.7. The number of nitrogens with zero attached hydrogens (tertiary/aromatic N) is 2. The van der Waals surface area contributed by atoms with Gasteiger partial charge in [0.05, 0.1) is 23.0 Å². The SMILES string of the molecule is CC(C)(C#N)CCOc1cc(C=O)ccc1[N+](=O)[O-]. The summed E-state index contributed by atoms with van der Waals surface area (Å²) in [5.41, 5.74) is -0.447. The first-order valence-electron chi connectivity index (χ1n) is 5.67. The number of aldehydes is 1. The third kappa shape index (κ3) is 4.07. The molecule has 0 aliphatic rings. The first-order chi connectivity index (χ1) is 8.89. The van der Waals surface area contributed by atoms with E-state index in [4.69, 9.17) is 10.00 Å². The number of nitro benzene ring substituents is 1. The van der Waals surface area contributed by atoms with Crippen LogP contribution in [0.1, 0.15) is 30.6 Å². The molecule has 0 bridgehead atoms. The molecule has 0 saturated heterocycles. The molecule has 19 heavy (non-hydrogen) atoms. The molecular formula is C13H14N2O4. The molecule has 0 saturated carbocycles. The smallest absolute Gasteiger partial charge is 0.310 e. The van der Waals surface area contributed by atoms with Gasteiger partial charge in [-0.25, -0.2) is 0 Å². The van der Waals surface area contributed by atoms with E-state index in [2.05, 4.69) is 6.07 Å². The van der Waals surface area contributed by atoms with Crippen molar-refractivity contribution in [2.45, 2.75) is 20.3 Å². The van der Waals surface area contributed by atoms with Gasteiger partial charge in [-0.05, 0) is 32.4 Å². The Kier molecular flexibility index (Phi) is 4.59. The molecule has 0 atom stereocenters. The van der Waals surface area contributed by atoms with Crippen molar-refractivity contribution in [1.82, 2.24) is 0 Å². The van der Waals surface area contributed by atoms with Crippen molar-refractivity contribution in [3.63, 3.8) is 0 Å². The summed E-state index contributed by atoms with van der Waals surface area (Å²) in [6.07, 6.45) is 1.03. The molecule has 0 aliphatic heterocycles. The molecule has 1 aromatic carbocycles. The molecule has 0 radical (unpaired) electrons. The van der Waals surface area contributed by atoms with Crippen molar-refractivity contribution in [2.24, 2.45) is 5.41 Å². The van der Waals surface area contributed by atoms with E-state index in [9.17, 15) is 14.9 Å². The van der Waals surface area contributed by atoms with Crippen molar-refractivity contribution in [2.75, 3.05) is 6.61 Å². The maximum atomic E-state index is 10.8. The number of nitro groups is 1. The highest BCUT2D eigenvalue weighted by Gasteiger charge is 2.19. The number of hydrogen-bond acceptors (Lipinski definition) is 5. The Labute approximate surface area is 110 Å². The van der Waals surface area contributed by atoms with E-state index in [0.717, 1.165) is 0 Å². The van der Waals surface area contributed by atoms with Gasteiger partial charge >= 0.3 is 5.69 Å². The van der Waals surface area contributed by atoms with Gasteiger partial charge in [0.2, 0.25) is 0 Å². The van der Waals surface area contributed by atoms with Crippen LogP contribution in [0.2, 0.25) is 0 Å². The van der Waals surface area contributed by atoms with Gasteiger partial charge in [-0.3, -0.25) is 14.9 Å². The highest BCUT2D eigenvalue weighted by atomic mass is 16.6. The minimum absolute atomic E-state index is 0.0448. The predicted molar refractivity (Wildman–Crippen MR) is 68.0 cm³/mol. The van der Waals surface area contributed by atoms with Crippen LogP contribution in [0.3, 0.4) is 0 Å². The first kappa shape index (κ1) is 14.6. The second kappa shape index (κ2) is 5.96. The van der Waals surface area contributed by atoms with Crippen LogP contribution < -0.4 is 4.74 Å². The second-order valence-corrected chi connectivity index (χ2v) is 4.70. The van der Waals surface area contributed by atoms with E-state index in [1.54, 1.807) is 13.8 Å². The third-order valence-electron chi connectivity index (χ3n) is 2.60. The highest BCUT2D eigenvalue weighted by Crippen LogP contribution is 2.28. The number of ether oxygens (including phenoxy) is 1. The van der Waals surface area contributed by atoms with E-state index in [-0.39, 0.29) is 18.0 Å². The minimum Gasteiger partial charge on any atom is -0.487 e. The normalized spacial score (nSPS) is 10.6. The fraction of sp³-hybridized carbons (Fsp3) is 0.385. The number of rotatable bonds is 6. The molecule has 6 heteroatoms. The van der Waals surface area contributed by atoms with Crippen molar-refractivity contribution >= 4 is 12.0 Å². The van der Waals surface area contributed by atoms with E-state index in [1.165, 1.54) is 18.2 Å². The Morgan fingerprint density at radius 3 is 2.74 bits per heavy atom. The summed E-state index contributed by atoms with van der Waals surface area (Å²) in [7, 11) is 0. The Morgan fingerprint density at radius 1 is 1.53 bits per heavy atom. The zero-order valence-electron chi connectivity index (χ0n) is 10.8. The predicted octanol–water partition coefficient (Wildman–Crippen LogP) is 2.73. The van der Waals surface area contributed by atoms with Gasteiger partial charge < -0.3 is 4.74 Å². The van der Waals surface area contributed by atoms with Crippen LogP contribution in [0.5, 0.6) is 5.75 Å². The monoisotopic (exact) mass is 262 g/mol. The largest absolute Gasteiger partial charge is 0.487 e. The zero-order chi connectivity index (χ0) is 14.5. The van der Waals surface area contributed by atoms with Gasteiger partial charge in [0, 0.05) is 11.6 Å². The maximum Gasteiger partial charge on any atom is 0.310 e. The van der Waals surface area contributed by atoms with Crippen molar-refractivity contribution in [1.29, 1.82) is 5.26 Å². The van der Waals surface area contributed by atoms with E-state index in [0.29, 0.717) is 18.3 Å². The molecule has 6 nitrogen and oxygen atoms in total. The lowest BCUT2D eigenvalue weighted by Crippen LogP contribution is -2.13. The lowest BCUT2D eigenvalue weighted by Gasteiger charge is -2.15. The van der Waals surface area contributed by atoms with Crippen LogP contribution in [0.15, 0.2) is 18.2 Å². The molecule has 0 aromatic heterocycles. The molecule has 0 N–H and O–H groups in total. The molecule has 100 valence electrons. The van der Waals surface area contributed by atoms with Gasteiger partial charge in [0.15, 0.2) is 5.75 Å². The fourth-order valence-corrected chi connectivity index (χ4v) is 1.34. The van der Waals surface area contributed by atoms with Crippen molar-refractivity contribution in [3.05, 3.63) is 33.9 Å². The Hall–Kier alpha value is -2.42. The molecule has 0 aliphatic carbocycles. The quantitative estimate of drug-likeness (QED) is 0.446. The van der Waals surface area contributed by atoms with Crippen LogP contribution in [0, 0.1) is 26.9 Å². The van der Waals surface area contributed by atoms with Crippen LogP contribution in [0.25, 0.3) is 0 Å². The van der Waals surface area contributed by atoms with E-state index in [1.807, 2.05) is 0 Å². The highest BCUT2D eigenvalue weighted by molar-refractivity contribution is 5.76. The third-order valence-corrected chi connectivity index (χ3v) is 2.60. The van der Waals surface area contributed by atoms with Crippen molar-refractivity contribution in [3.8, 4) is 11.8 Å². The summed E-state index contributed by atoms with van der Waals surface area (Å²) in [4.78, 5) is 20.9. The molecule has 0 amide bonds. The van der Waals surface area contributed by atoms with Gasteiger partial charge in [0.25, 0.3) is 0 Å². The summed E-state index contributed by atoms with van der Waals surface area (Å²) in [5.74, 6) is 0.0448. The van der Waals surface area contributed by atoms with Gasteiger partial charge in [-0.1, -0.05) is 0 Å². The molecule has 0 unspecified atom stereocenters. The molecule has 0 spiro atoms. The Bertz CT molecular complexity index is 532. The average Bonchev–Trinajstić information content (AvgIpc) is 2.38. The number of hydrogen-bond donors (Lipinski definition) is 0. The van der Waals surface area contributed by atoms with Crippen LogP contribution in [0.4, 0.5) is 5.69 Å². The molecule has 0 heterocycles. The first-order valence-corrected chi connectivity index (χ1v) is 5.67. The molecule has 0 fully saturated rings. The van der Waals surface area contributed by atoms with Crippen LogP contribution in [-0.4, -0.2) is 17.8 Å². The Morgan fingerprint density at radius 2 is 2.21 bits per heavy atom. The maximum absolute atomic E-state index is 10.8. The standard InChI is InChI=1S/C13H14N2O4/c1-13(2,9-14)5-6-19-12-7-10(8-16)3-4-11(12)15(17)18/h3-4,7-8H,5-6H2,1-2H3. The minimum atomic E-state index is -0.570. The molecular weight excluding hydrogens is 248 g/mol. The van der Waals surface area contributed by atoms with Crippen LogP contribution >= 0.6 is 0 Å². The number of benzene rings is 1. The summed E-state index contributed by atoms with van der Waals surface area (Å²) in [6.45, 7) is 3.68. The van der Waals surface area contributed by atoms with Gasteiger partial charge in [-0.15, -0.1) is 0 Å². The lowest BCUT2D eigenvalue weighted by atomic mass is 9.92. The fourth-order valence-electron chi connectivity index (χ4n) is 1.34. The van der Waals surface area contributed by atoms with Crippen LogP contribution in [-0.2, 0) is 0 Å². The van der Waals surface area contributed by atoms with Gasteiger partial charge in [0.1, 0.15) is 6.29 Å². The van der Waals surface area contributed by atoms with E-state index < -0.39 is 10.3 Å². The number of carbonyl (C=O) groups is 1. The van der Waals surface area contributed by atoms with Gasteiger partial charge in [-0.2, -0.15) is 5.26 Å². The number of nitriles is 1. The second-order valence-electron chi connectivity index (χ2n) is 4.70. The topological polar surface area (TPSA) is 93.2 Å². The van der Waals surface area contributed by atoms with Crippen molar-refractivity contribution < 1.29 is 14.5 Å². The Balaban J connectivity index is 2.84. The summed E-state index contributed by atoms with van der Waals surface area (Å²) < 4.78 is 5.33. The number of carbonyl (C=O) groups excluding carboxylic acids is 1. The van der Waals surface area contributed by atoms with E-state index >= 15 is 0 Å². The average molecular weight is 262 g/mol. The molecule has 1 aromatic rings. The lowest BCUT2D eigenvalue weighted by molar-refractivity contribution is -0.385. The zero-order valence-corrected chi connectivity index (χ0v) is 10.8. The summed E-state index contributed by atoms with van der Waals surface area (Å²) in [6, 6.07) is 6.03. The molecule has 1 rings (SSSR count).